The molecule has 0 aromatic carbocycles. The van der Waals surface area contributed by atoms with Gasteiger partial charge in [-0.3, -0.25) is 0 Å². The van der Waals surface area contributed by atoms with Crippen molar-refractivity contribution in [3.05, 3.63) is 0 Å². The average Bonchev–Trinajstić information content (AvgIpc) is 2.17. The van der Waals surface area contributed by atoms with E-state index in [1.54, 1.807) is 6.92 Å². The van der Waals surface area contributed by atoms with Gasteiger partial charge in [-0.15, -0.1) is 0 Å². The lowest BCUT2D eigenvalue weighted by Crippen LogP contribution is -2.27. The lowest BCUT2D eigenvalue weighted by Gasteiger charge is -2.22. The third kappa shape index (κ3) is 4.06. The second-order valence-electron chi connectivity index (χ2n) is 3.05. The summed E-state index contributed by atoms with van der Waals surface area (Å²) in [5.74, 6) is 0.355. The molecule has 1 aliphatic heterocycles. The van der Waals surface area contributed by atoms with Crippen LogP contribution in [0.3, 0.4) is 0 Å². The van der Waals surface area contributed by atoms with Gasteiger partial charge in [0.05, 0.1) is 19.0 Å². The van der Waals surface area contributed by atoms with Crippen LogP contribution in [0.5, 0.6) is 0 Å². The number of hydrogen-bond donors (Lipinski definition) is 0. The lowest BCUT2D eigenvalue weighted by atomic mass is 10.4. The van der Waals surface area contributed by atoms with Crippen LogP contribution in [-0.4, -0.2) is 39.4 Å². The molecule has 0 spiro atoms. The van der Waals surface area contributed by atoms with Crippen LogP contribution in [0.2, 0.25) is 0 Å². The molecule has 0 aromatic heterocycles. The first-order chi connectivity index (χ1) is 6.14. The Kier molecular flexibility index (Phi) is 4.15. The zero-order valence-electron chi connectivity index (χ0n) is 7.86. The summed E-state index contributed by atoms with van der Waals surface area (Å²) in [7, 11) is -2.88. The zero-order chi connectivity index (χ0) is 9.73. The van der Waals surface area contributed by atoms with E-state index in [1.807, 2.05) is 0 Å². The molecule has 0 atom stereocenters. The average molecular weight is 208 g/mol. The normalized spacial score (nSPS) is 20.4. The summed E-state index contributed by atoms with van der Waals surface area (Å²) in [6.07, 6.45) is 1.04. The van der Waals surface area contributed by atoms with Gasteiger partial charge in [0, 0.05) is 12.2 Å². The van der Waals surface area contributed by atoms with Gasteiger partial charge in [-0.1, -0.05) is 6.92 Å². The van der Waals surface area contributed by atoms with Gasteiger partial charge in [0.25, 0.3) is 0 Å². The van der Waals surface area contributed by atoms with E-state index in [-0.39, 0.29) is 17.8 Å². The maximum absolute atomic E-state index is 11.1. The molecule has 13 heavy (non-hydrogen) atoms. The predicted octanol–water partition coefficient (Wildman–Crippen LogP) is 0.574. The van der Waals surface area contributed by atoms with Gasteiger partial charge >= 0.3 is 0 Å². The summed E-state index contributed by atoms with van der Waals surface area (Å²) in [4.78, 5) is 0. The van der Waals surface area contributed by atoms with Crippen molar-refractivity contribution in [2.75, 3.05) is 24.7 Å². The van der Waals surface area contributed by atoms with E-state index in [4.69, 9.17) is 9.47 Å². The highest BCUT2D eigenvalue weighted by atomic mass is 32.2. The topological polar surface area (TPSA) is 52.6 Å². The van der Waals surface area contributed by atoms with Crippen LogP contribution in [0.15, 0.2) is 0 Å². The minimum atomic E-state index is -2.88. The summed E-state index contributed by atoms with van der Waals surface area (Å²) in [6, 6.07) is 0. The van der Waals surface area contributed by atoms with Crippen molar-refractivity contribution in [1.29, 1.82) is 0 Å². The smallest absolute Gasteiger partial charge is 0.158 e. The SMILES string of the molecule is CCS(=O)(=O)CCC1OCCCO1. The highest BCUT2D eigenvalue weighted by Crippen LogP contribution is 2.09. The molecular formula is C8H16O4S. The molecule has 0 unspecified atom stereocenters. The molecule has 1 fully saturated rings. The molecule has 4 nitrogen and oxygen atoms in total. The first-order valence-electron chi connectivity index (χ1n) is 4.57. The lowest BCUT2D eigenvalue weighted by molar-refractivity contribution is -0.178. The molecule has 1 rings (SSSR count). The molecule has 0 radical (unpaired) electrons. The molecule has 0 aromatic rings. The van der Waals surface area contributed by atoms with E-state index in [0.717, 1.165) is 6.42 Å². The largest absolute Gasteiger partial charge is 0.353 e. The number of sulfone groups is 1. The molecule has 0 aliphatic carbocycles. The van der Waals surface area contributed by atoms with Gasteiger partial charge in [-0.25, -0.2) is 8.42 Å². The highest BCUT2D eigenvalue weighted by molar-refractivity contribution is 7.91. The fourth-order valence-electron chi connectivity index (χ4n) is 1.12. The van der Waals surface area contributed by atoms with Crippen LogP contribution >= 0.6 is 0 Å². The molecule has 0 amide bonds. The van der Waals surface area contributed by atoms with Crippen LogP contribution in [0.1, 0.15) is 19.8 Å². The Morgan fingerprint density at radius 3 is 2.46 bits per heavy atom. The summed E-state index contributed by atoms with van der Waals surface area (Å²) in [6.45, 7) is 3.01. The molecule has 1 saturated heterocycles. The highest BCUT2D eigenvalue weighted by Gasteiger charge is 2.17. The first kappa shape index (κ1) is 10.9. The van der Waals surface area contributed by atoms with Crippen LogP contribution < -0.4 is 0 Å². The Morgan fingerprint density at radius 1 is 1.31 bits per heavy atom. The molecule has 1 heterocycles. The van der Waals surface area contributed by atoms with Crippen molar-refractivity contribution in [2.45, 2.75) is 26.1 Å². The summed E-state index contributed by atoms with van der Waals surface area (Å²) in [5.41, 5.74) is 0. The number of rotatable bonds is 4. The molecule has 0 N–H and O–H groups in total. The van der Waals surface area contributed by atoms with E-state index >= 15 is 0 Å². The zero-order valence-corrected chi connectivity index (χ0v) is 8.68. The second-order valence-corrected chi connectivity index (χ2v) is 5.52. The molecular weight excluding hydrogens is 192 g/mol. The van der Waals surface area contributed by atoms with Crippen LogP contribution in [0.25, 0.3) is 0 Å². The van der Waals surface area contributed by atoms with Crippen molar-refractivity contribution >= 4 is 9.84 Å². The van der Waals surface area contributed by atoms with E-state index in [2.05, 4.69) is 0 Å². The summed E-state index contributed by atoms with van der Waals surface area (Å²) < 4.78 is 32.7. The molecule has 0 saturated carbocycles. The monoisotopic (exact) mass is 208 g/mol. The standard InChI is InChI=1S/C8H16O4S/c1-2-13(9,10)7-4-8-11-5-3-6-12-8/h8H,2-7H2,1H3. The molecule has 78 valence electrons. The Bertz CT molecular complexity index is 229. The second kappa shape index (κ2) is 4.93. The molecule has 5 heteroatoms. The van der Waals surface area contributed by atoms with E-state index in [9.17, 15) is 8.42 Å². The number of hydrogen-bond acceptors (Lipinski definition) is 4. The maximum Gasteiger partial charge on any atom is 0.158 e. The van der Waals surface area contributed by atoms with E-state index in [0.29, 0.717) is 19.6 Å². The third-order valence-electron chi connectivity index (χ3n) is 2.00. The van der Waals surface area contributed by atoms with Crippen LogP contribution in [0.4, 0.5) is 0 Å². The quantitative estimate of drug-likeness (QED) is 0.678. The third-order valence-corrected chi connectivity index (χ3v) is 3.74. The minimum Gasteiger partial charge on any atom is -0.353 e. The van der Waals surface area contributed by atoms with Gasteiger partial charge in [-0.05, 0) is 6.42 Å². The van der Waals surface area contributed by atoms with E-state index in [1.165, 1.54) is 0 Å². The van der Waals surface area contributed by atoms with Gasteiger partial charge in [0.1, 0.15) is 9.84 Å². The first-order valence-corrected chi connectivity index (χ1v) is 6.40. The minimum absolute atomic E-state index is 0.161. The van der Waals surface area contributed by atoms with Crippen molar-refractivity contribution in [2.24, 2.45) is 0 Å². The Morgan fingerprint density at radius 2 is 1.92 bits per heavy atom. The van der Waals surface area contributed by atoms with Crippen LogP contribution in [0, 0.1) is 0 Å². The van der Waals surface area contributed by atoms with E-state index < -0.39 is 9.84 Å². The van der Waals surface area contributed by atoms with Gasteiger partial charge in [0.15, 0.2) is 6.29 Å². The fourth-order valence-corrected chi connectivity index (χ4v) is 1.96. The van der Waals surface area contributed by atoms with Crippen molar-refractivity contribution < 1.29 is 17.9 Å². The molecule has 1 aliphatic rings. The van der Waals surface area contributed by atoms with Crippen molar-refractivity contribution in [1.82, 2.24) is 0 Å². The van der Waals surface area contributed by atoms with Gasteiger partial charge in [-0.2, -0.15) is 0 Å². The predicted molar refractivity (Wildman–Crippen MR) is 49.3 cm³/mol. The number of ether oxygens (including phenoxy) is 2. The van der Waals surface area contributed by atoms with Crippen molar-refractivity contribution in [3.8, 4) is 0 Å². The van der Waals surface area contributed by atoms with Crippen molar-refractivity contribution in [3.63, 3.8) is 0 Å². The van der Waals surface area contributed by atoms with Gasteiger partial charge in [0.2, 0.25) is 0 Å². The Labute approximate surface area is 79.1 Å². The summed E-state index contributed by atoms with van der Waals surface area (Å²) in [5, 5.41) is 0. The summed E-state index contributed by atoms with van der Waals surface area (Å²) >= 11 is 0. The maximum atomic E-state index is 11.1. The van der Waals surface area contributed by atoms with Crippen LogP contribution in [-0.2, 0) is 19.3 Å². The Hall–Kier alpha value is -0.130. The fraction of sp³-hybridized carbons (Fsp3) is 1.00. The van der Waals surface area contributed by atoms with Gasteiger partial charge < -0.3 is 9.47 Å². The molecule has 0 bridgehead atoms. The Balaban J connectivity index is 2.25.